The molecule has 0 saturated carbocycles. The first-order valence-electron chi connectivity index (χ1n) is 6.15. The van der Waals surface area contributed by atoms with E-state index in [1.165, 1.54) is 5.56 Å². The lowest BCUT2D eigenvalue weighted by molar-refractivity contribution is -0.384. The van der Waals surface area contributed by atoms with Gasteiger partial charge in [-0.25, -0.2) is 0 Å². The zero-order valence-corrected chi connectivity index (χ0v) is 9.98. The maximum atomic E-state index is 10.8. The van der Waals surface area contributed by atoms with E-state index in [4.69, 9.17) is 0 Å². The summed E-state index contributed by atoms with van der Waals surface area (Å²) >= 11 is 0. The van der Waals surface area contributed by atoms with Gasteiger partial charge in [0.15, 0.2) is 0 Å². The van der Waals surface area contributed by atoms with Crippen molar-refractivity contribution >= 4 is 11.4 Å². The number of nitrogens with zero attached hydrogens (tertiary/aromatic N) is 1. The van der Waals surface area contributed by atoms with Gasteiger partial charge >= 0.3 is 0 Å². The number of hydrogen-bond acceptors (Lipinski definition) is 4. The highest BCUT2D eigenvalue weighted by atomic mass is 16.6. The molecule has 2 aliphatic heterocycles. The molecule has 0 aromatic heterocycles. The van der Waals surface area contributed by atoms with Gasteiger partial charge in [0.2, 0.25) is 0 Å². The van der Waals surface area contributed by atoms with E-state index in [9.17, 15) is 10.1 Å². The maximum absolute atomic E-state index is 10.8. The predicted octanol–water partition coefficient (Wildman–Crippen LogP) is 2.16. The third kappa shape index (κ3) is 1.67. The molecule has 0 unspecified atom stereocenters. The third-order valence-electron chi connectivity index (χ3n) is 3.89. The molecule has 0 atom stereocenters. The van der Waals surface area contributed by atoms with E-state index >= 15 is 0 Å². The summed E-state index contributed by atoms with van der Waals surface area (Å²) in [4.78, 5) is 10.5. The van der Waals surface area contributed by atoms with Crippen LogP contribution in [0.15, 0.2) is 30.5 Å². The molecule has 0 radical (unpaired) electrons. The highest BCUT2D eigenvalue weighted by molar-refractivity contribution is 5.65. The summed E-state index contributed by atoms with van der Waals surface area (Å²) in [6.45, 7) is 1.97. The van der Waals surface area contributed by atoms with Crippen molar-refractivity contribution in [3.05, 3.63) is 46.2 Å². The fourth-order valence-corrected chi connectivity index (χ4v) is 2.89. The second kappa shape index (κ2) is 4.10. The zero-order chi connectivity index (χ0) is 12.6. The van der Waals surface area contributed by atoms with Gasteiger partial charge in [0, 0.05) is 23.2 Å². The average Bonchev–Trinajstić information content (AvgIpc) is 2.39. The fraction of sp³-hybridized carbons (Fsp3) is 0.385. The van der Waals surface area contributed by atoms with Crippen LogP contribution in [0.1, 0.15) is 18.4 Å². The Hall–Kier alpha value is -1.88. The number of nitro benzene ring substituents is 1. The van der Waals surface area contributed by atoms with Crippen LogP contribution in [0.25, 0.3) is 0 Å². The molecule has 5 heteroatoms. The zero-order valence-electron chi connectivity index (χ0n) is 9.98. The van der Waals surface area contributed by atoms with Gasteiger partial charge in [-0.1, -0.05) is 6.08 Å². The number of piperidine rings is 1. The number of hydrogen-bond donors (Lipinski definition) is 2. The summed E-state index contributed by atoms with van der Waals surface area (Å²) in [5.74, 6) is 0. The third-order valence-corrected chi connectivity index (χ3v) is 3.89. The minimum absolute atomic E-state index is 0.0426. The number of non-ortho nitro benzene ring substituents is 1. The van der Waals surface area contributed by atoms with E-state index in [-0.39, 0.29) is 16.0 Å². The van der Waals surface area contributed by atoms with Gasteiger partial charge in [0.25, 0.3) is 5.69 Å². The Balaban J connectivity index is 2.05. The molecule has 0 amide bonds. The molecule has 1 fully saturated rings. The van der Waals surface area contributed by atoms with Crippen LogP contribution in [0.2, 0.25) is 0 Å². The van der Waals surface area contributed by atoms with Crippen LogP contribution in [0, 0.1) is 10.1 Å². The van der Waals surface area contributed by atoms with Gasteiger partial charge < -0.3 is 10.6 Å². The van der Waals surface area contributed by atoms with E-state index in [2.05, 4.69) is 16.7 Å². The van der Waals surface area contributed by atoms with Crippen LogP contribution in [0.3, 0.4) is 0 Å². The van der Waals surface area contributed by atoms with Gasteiger partial charge in [-0.2, -0.15) is 0 Å². The van der Waals surface area contributed by atoms with Crippen molar-refractivity contribution in [1.29, 1.82) is 0 Å². The largest absolute Gasteiger partial charge is 0.362 e. The Morgan fingerprint density at radius 3 is 2.78 bits per heavy atom. The molecular formula is C13H15N3O2. The summed E-state index contributed by atoms with van der Waals surface area (Å²) in [6, 6.07) is 5.13. The van der Waals surface area contributed by atoms with Crippen molar-refractivity contribution < 1.29 is 4.92 Å². The lowest BCUT2D eigenvalue weighted by Crippen LogP contribution is -2.40. The van der Waals surface area contributed by atoms with Crippen LogP contribution in [0.5, 0.6) is 0 Å². The maximum Gasteiger partial charge on any atom is 0.271 e. The molecule has 1 aromatic carbocycles. The van der Waals surface area contributed by atoms with E-state index < -0.39 is 0 Å². The van der Waals surface area contributed by atoms with Gasteiger partial charge in [-0.05, 0) is 43.8 Å². The van der Waals surface area contributed by atoms with Crippen LogP contribution in [-0.4, -0.2) is 18.0 Å². The lowest BCUT2D eigenvalue weighted by atomic mass is 9.71. The second-order valence-electron chi connectivity index (χ2n) is 4.87. The molecule has 3 rings (SSSR count). The van der Waals surface area contributed by atoms with Gasteiger partial charge in [0.1, 0.15) is 0 Å². The monoisotopic (exact) mass is 245 g/mol. The SMILES string of the molecule is O=[N+]([O-])c1ccc2c(c1)NC=CC21CCNCC1. The summed E-state index contributed by atoms with van der Waals surface area (Å²) < 4.78 is 0. The topological polar surface area (TPSA) is 67.2 Å². The Morgan fingerprint density at radius 1 is 1.28 bits per heavy atom. The van der Waals surface area contributed by atoms with Gasteiger partial charge in [0.05, 0.1) is 4.92 Å². The molecule has 5 nitrogen and oxygen atoms in total. The number of nitro groups is 1. The van der Waals surface area contributed by atoms with Crippen LogP contribution in [0.4, 0.5) is 11.4 Å². The fourth-order valence-electron chi connectivity index (χ4n) is 2.89. The quantitative estimate of drug-likeness (QED) is 0.587. The van der Waals surface area contributed by atoms with Crippen LogP contribution >= 0.6 is 0 Å². The normalized spacial score (nSPS) is 20.2. The summed E-state index contributed by atoms with van der Waals surface area (Å²) in [7, 11) is 0. The summed E-state index contributed by atoms with van der Waals surface area (Å²) in [6.07, 6.45) is 6.19. The van der Waals surface area contributed by atoms with E-state index in [0.717, 1.165) is 31.6 Å². The van der Waals surface area contributed by atoms with Crippen molar-refractivity contribution in [2.24, 2.45) is 0 Å². The van der Waals surface area contributed by atoms with Crippen LogP contribution < -0.4 is 10.6 Å². The number of fused-ring (bicyclic) bond motifs is 2. The van der Waals surface area contributed by atoms with Crippen molar-refractivity contribution in [3.63, 3.8) is 0 Å². The molecule has 1 aromatic rings. The predicted molar refractivity (Wildman–Crippen MR) is 69.6 cm³/mol. The van der Waals surface area contributed by atoms with Crippen LogP contribution in [-0.2, 0) is 5.41 Å². The standard InChI is InChI=1S/C13H15N3O2/c17-16(18)10-1-2-11-12(9-10)15-8-5-13(11)3-6-14-7-4-13/h1-2,5,8-9,14-15H,3-4,6-7H2. The number of nitrogens with one attached hydrogen (secondary N) is 2. The summed E-state index contributed by atoms with van der Waals surface area (Å²) in [5, 5.41) is 17.3. The van der Waals surface area contributed by atoms with Crippen molar-refractivity contribution in [3.8, 4) is 0 Å². The number of anilines is 1. The Labute approximate surface area is 105 Å². The Morgan fingerprint density at radius 2 is 2.06 bits per heavy atom. The van der Waals surface area contributed by atoms with Crippen molar-refractivity contribution in [1.82, 2.24) is 5.32 Å². The smallest absolute Gasteiger partial charge is 0.271 e. The second-order valence-corrected chi connectivity index (χ2v) is 4.87. The Kier molecular flexibility index (Phi) is 2.56. The van der Waals surface area contributed by atoms with Gasteiger partial charge in [-0.15, -0.1) is 0 Å². The van der Waals surface area contributed by atoms with E-state index in [1.807, 2.05) is 12.3 Å². The minimum Gasteiger partial charge on any atom is -0.362 e. The molecule has 0 bridgehead atoms. The highest BCUT2D eigenvalue weighted by Gasteiger charge is 2.35. The van der Waals surface area contributed by atoms with Gasteiger partial charge in [-0.3, -0.25) is 10.1 Å². The number of rotatable bonds is 1. The lowest BCUT2D eigenvalue weighted by Gasteiger charge is -2.38. The highest BCUT2D eigenvalue weighted by Crippen LogP contribution is 2.42. The number of allylic oxidation sites excluding steroid dienone is 1. The molecule has 2 aliphatic rings. The van der Waals surface area contributed by atoms with E-state index in [0.29, 0.717) is 0 Å². The molecule has 1 saturated heterocycles. The number of benzene rings is 1. The molecule has 94 valence electrons. The minimum atomic E-state index is -0.352. The van der Waals surface area contributed by atoms with Crippen molar-refractivity contribution in [2.75, 3.05) is 18.4 Å². The Bertz CT molecular complexity index is 519. The first-order valence-corrected chi connectivity index (χ1v) is 6.15. The molecule has 2 heterocycles. The molecule has 18 heavy (non-hydrogen) atoms. The first-order chi connectivity index (χ1) is 8.71. The average molecular weight is 245 g/mol. The van der Waals surface area contributed by atoms with E-state index in [1.54, 1.807) is 12.1 Å². The first kappa shape index (κ1) is 11.2. The summed E-state index contributed by atoms with van der Waals surface area (Å²) in [5.41, 5.74) is 2.23. The molecular weight excluding hydrogens is 230 g/mol. The molecule has 0 aliphatic carbocycles. The molecule has 2 N–H and O–H groups in total. The van der Waals surface area contributed by atoms with Crippen molar-refractivity contribution in [2.45, 2.75) is 18.3 Å². The molecule has 1 spiro atoms.